The second-order valence-corrected chi connectivity index (χ2v) is 4.66. The highest BCUT2D eigenvalue weighted by Crippen LogP contribution is 2.29. The van der Waals surface area contributed by atoms with Crippen LogP contribution in [0.3, 0.4) is 0 Å². The predicted octanol–water partition coefficient (Wildman–Crippen LogP) is 4.84. The van der Waals surface area contributed by atoms with E-state index in [1.807, 2.05) is 0 Å². The molecular formula is C13H16F5N. The van der Waals surface area contributed by atoms with Gasteiger partial charge in [0, 0.05) is 11.3 Å². The van der Waals surface area contributed by atoms with Crippen LogP contribution in [0.1, 0.15) is 38.7 Å². The van der Waals surface area contributed by atoms with Crippen LogP contribution >= 0.6 is 0 Å². The Morgan fingerprint density at radius 2 is 1.58 bits per heavy atom. The van der Waals surface area contributed by atoms with E-state index in [-0.39, 0.29) is 23.6 Å². The number of halogens is 5. The summed E-state index contributed by atoms with van der Waals surface area (Å²) in [6.07, 6.45) is -4.68. The molecule has 1 atom stereocenters. The molecule has 0 saturated carbocycles. The highest BCUT2D eigenvalue weighted by Gasteiger charge is 2.38. The second kappa shape index (κ2) is 5.75. The molecule has 1 N–H and O–H groups in total. The molecule has 108 valence electrons. The fourth-order valence-corrected chi connectivity index (χ4v) is 1.84. The smallest absolute Gasteiger partial charge is 0.374 e. The van der Waals surface area contributed by atoms with Crippen molar-refractivity contribution in [3.8, 4) is 0 Å². The van der Waals surface area contributed by atoms with Gasteiger partial charge in [-0.2, -0.15) is 13.2 Å². The van der Waals surface area contributed by atoms with Gasteiger partial charge in [-0.05, 0) is 24.5 Å². The third-order valence-electron chi connectivity index (χ3n) is 2.80. The van der Waals surface area contributed by atoms with Gasteiger partial charge < -0.3 is 5.32 Å². The van der Waals surface area contributed by atoms with Crippen LogP contribution in [-0.4, -0.2) is 12.2 Å². The molecule has 0 aliphatic heterocycles. The molecule has 0 aromatic heterocycles. The predicted molar refractivity (Wildman–Crippen MR) is 64.2 cm³/mol. The van der Waals surface area contributed by atoms with E-state index in [0.717, 1.165) is 12.1 Å². The molecule has 1 aromatic rings. The first-order valence-electron chi connectivity index (χ1n) is 5.99. The zero-order chi connectivity index (χ0) is 14.8. The lowest BCUT2D eigenvalue weighted by Crippen LogP contribution is -2.35. The van der Waals surface area contributed by atoms with Gasteiger partial charge in [-0.3, -0.25) is 0 Å². The summed E-state index contributed by atoms with van der Waals surface area (Å²) in [5, 5.41) is 2.11. The van der Waals surface area contributed by atoms with Gasteiger partial charge in [-0.25, -0.2) is 8.78 Å². The molecule has 0 spiro atoms. The minimum Gasteiger partial charge on any atom is -0.374 e. The number of benzene rings is 1. The van der Waals surface area contributed by atoms with Gasteiger partial charge in [0.05, 0.1) is 0 Å². The first-order valence-corrected chi connectivity index (χ1v) is 5.99. The Kier molecular flexibility index (Phi) is 4.76. The van der Waals surface area contributed by atoms with Crippen LogP contribution in [0.2, 0.25) is 0 Å². The molecule has 1 aromatic carbocycles. The molecule has 0 aliphatic carbocycles. The molecule has 0 saturated heterocycles. The number of alkyl halides is 3. The second-order valence-electron chi connectivity index (χ2n) is 4.66. The summed E-state index contributed by atoms with van der Waals surface area (Å²) in [4.78, 5) is 0. The van der Waals surface area contributed by atoms with Gasteiger partial charge in [-0.1, -0.05) is 20.8 Å². The maximum Gasteiger partial charge on any atom is 0.408 e. The van der Waals surface area contributed by atoms with E-state index in [2.05, 4.69) is 5.32 Å². The van der Waals surface area contributed by atoms with Gasteiger partial charge in [-0.15, -0.1) is 0 Å². The van der Waals surface area contributed by atoms with E-state index in [4.69, 9.17) is 0 Å². The van der Waals surface area contributed by atoms with Crippen LogP contribution in [0.25, 0.3) is 0 Å². The van der Waals surface area contributed by atoms with Crippen molar-refractivity contribution in [1.82, 2.24) is 0 Å². The average Bonchev–Trinajstić information content (AvgIpc) is 2.22. The maximum absolute atomic E-state index is 13.7. The highest BCUT2D eigenvalue weighted by molar-refractivity contribution is 5.47. The number of hydrogen-bond acceptors (Lipinski definition) is 1. The van der Waals surface area contributed by atoms with Gasteiger partial charge >= 0.3 is 6.18 Å². The Hall–Kier alpha value is -1.33. The quantitative estimate of drug-likeness (QED) is 0.779. The number of rotatable bonds is 4. The summed E-state index contributed by atoms with van der Waals surface area (Å²) in [5.74, 6) is -2.05. The molecule has 0 aliphatic rings. The van der Waals surface area contributed by atoms with Crippen molar-refractivity contribution in [2.24, 2.45) is 0 Å². The molecule has 1 rings (SSSR count). The van der Waals surface area contributed by atoms with Crippen molar-refractivity contribution in [3.05, 3.63) is 29.3 Å². The summed E-state index contributed by atoms with van der Waals surface area (Å²) in [5.41, 5.74) is -0.325. The van der Waals surface area contributed by atoms with Crippen LogP contribution in [0.4, 0.5) is 27.6 Å². The minimum atomic E-state index is -4.46. The Morgan fingerprint density at radius 1 is 1.11 bits per heavy atom. The molecule has 0 heterocycles. The van der Waals surface area contributed by atoms with E-state index < -0.39 is 23.9 Å². The summed E-state index contributed by atoms with van der Waals surface area (Å²) >= 11 is 0. The third kappa shape index (κ3) is 3.81. The van der Waals surface area contributed by atoms with E-state index in [0.29, 0.717) is 0 Å². The SMILES string of the molecule is CC[C@@H](Nc1cc(F)c(C(C)C)c(F)c1)C(F)(F)F. The fraction of sp³-hybridized carbons (Fsp3) is 0.538. The van der Waals surface area contributed by atoms with Crippen LogP contribution in [0.5, 0.6) is 0 Å². The molecular weight excluding hydrogens is 265 g/mol. The molecule has 0 fully saturated rings. The lowest BCUT2D eigenvalue weighted by molar-refractivity contribution is -0.142. The summed E-state index contributed by atoms with van der Waals surface area (Å²) in [6.45, 7) is 4.57. The zero-order valence-electron chi connectivity index (χ0n) is 10.9. The molecule has 0 amide bonds. The average molecular weight is 281 g/mol. The van der Waals surface area contributed by atoms with Crippen molar-refractivity contribution in [3.63, 3.8) is 0 Å². The van der Waals surface area contributed by atoms with Crippen LogP contribution < -0.4 is 5.32 Å². The summed E-state index contributed by atoms with van der Waals surface area (Å²) in [6, 6.07) is -0.0317. The van der Waals surface area contributed by atoms with Crippen LogP contribution in [-0.2, 0) is 0 Å². The Balaban J connectivity index is 3.04. The van der Waals surface area contributed by atoms with Crippen molar-refractivity contribution in [2.45, 2.75) is 45.3 Å². The van der Waals surface area contributed by atoms with Crippen LogP contribution in [0.15, 0.2) is 12.1 Å². The lowest BCUT2D eigenvalue weighted by atomic mass is 10.0. The standard InChI is InChI=1S/C13H16F5N/c1-4-11(13(16,17)18)19-8-5-9(14)12(7(2)3)10(15)6-8/h5-7,11,19H,4H2,1-3H3/t11-/m1/s1. The molecule has 1 nitrogen and oxygen atoms in total. The van der Waals surface area contributed by atoms with E-state index in [1.165, 1.54) is 6.92 Å². The van der Waals surface area contributed by atoms with Crippen LogP contribution in [0, 0.1) is 11.6 Å². The minimum absolute atomic E-state index is 0.120. The molecule has 19 heavy (non-hydrogen) atoms. The van der Waals surface area contributed by atoms with E-state index >= 15 is 0 Å². The molecule has 0 bridgehead atoms. The Bertz CT molecular complexity index is 416. The summed E-state index contributed by atoms with van der Waals surface area (Å²) in [7, 11) is 0. The van der Waals surface area contributed by atoms with Crippen molar-refractivity contribution in [2.75, 3.05) is 5.32 Å². The maximum atomic E-state index is 13.7. The number of anilines is 1. The van der Waals surface area contributed by atoms with Gasteiger partial charge in [0.15, 0.2) is 0 Å². The van der Waals surface area contributed by atoms with Crippen molar-refractivity contribution >= 4 is 5.69 Å². The Labute approximate surface area is 108 Å². The van der Waals surface area contributed by atoms with Crippen molar-refractivity contribution < 1.29 is 22.0 Å². The fourth-order valence-electron chi connectivity index (χ4n) is 1.84. The van der Waals surface area contributed by atoms with Crippen molar-refractivity contribution in [1.29, 1.82) is 0 Å². The highest BCUT2D eigenvalue weighted by atomic mass is 19.4. The topological polar surface area (TPSA) is 12.0 Å². The lowest BCUT2D eigenvalue weighted by Gasteiger charge is -2.22. The monoisotopic (exact) mass is 281 g/mol. The van der Waals surface area contributed by atoms with E-state index in [1.54, 1.807) is 13.8 Å². The zero-order valence-corrected chi connectivity index (χ0v) is 10.9. The largest absolute Gasteiger partial charge is 0.408 e. The normalized spacial score (nSPS) is 13.7. The first kappa shape index (κ1) is 15.7. The molecule has 0 radical (unpaired) electrons. The van der Waals surface area contributed by atoms with Gasteiger partial charge in [0.25, 0.3) is 0 Å². The first-order chi connectivity index (χ1) is 8.66. The molecule has 0 unspecified atom stereocenters. The third-order valence-corrected chi connectivity index (χ3v) is 2.80. The molecule has 6 heteroatoms. The number of nitrogens with one attached hydrogen (secondary N) is 1. The van der Waals surface area contributed by atoms with Gasteiger partial charge in [0.2, 0.25) is 0 Å². The van der Waals surface area contributed by atoms with E-state index in [9.17, 15) is 22.0 Å². The summed E-state index contributed by atoms with van der Waals surface area (Å²) < 4.78 is 65.0. The van der Waals surface area contributed by atoms with Gasteiger partial charge in [0.1, 0.15) is 17.7 Å². The number of hydrogen-bond donors (Lipinski definition) is 1. The Morgan fingerprint density at radius 3 is 1.89 bits per heavy atom.